The molecule has 1 rings (SSSR count). The van der Waals surface area contributed by atoms with Gasteiger partial charge in [-0.15, -0.1) is 0 Å². The van der Waals surface area contributed by atoms with Crippen LogP contribution in [0, 0.1) is 0 Å². The molecule has 0 spiro atoms. The van der Waals surface area contributed by atoms with E-state index in [0.717, 1.165) is 5.69 Å². The molecule has 0 fully saturated rings. The van der Waals surface area contributed by atoms with Gasteiger partial charge in [0.15, 0.2) is 0 Å². The van der Waals surface area contributed by atoms with E-state index in [-0.39, 0.29) is 5.91 Å². The van der Waals surface area contributed by atoms with Crippen molar-refractivity contribution < 1.29 is 14.3 Å². The van der Waals surface area contributed by atoms with Crippen molar-refractivity contribution in [2.45, 2.75) is 18.9 Å². The minimum absolute atomic E-state index is 0.176. The highest BCUT2D eigenvalue weighted by Crippen LogP contribution is 2.02. The molecule has 7 nitrogen and oxygen atoms in total. The van der Waals surface area contributed by atoms with Crippen molar-refractivity contribution in [3.05, 3.63) is 18.2 Å². The van der Waals surface area contributed by atoms with Crippen LogP contribution in [0.1, 0.15) is 12.1 Å². The number of hydrogen-bond donors (Lipinski definition) is 1. The summed E-state index contributed by atoms with van der Waals surface area (Å²) in [5.41, 5.74) is 0.732. The number of nitrogens with one attached hydrogen (secondary N) is 1. The van der Waals surface area contributed by atoms with Crippen molar-refractivity contribution in [1.29, 1.82) is 0 Å². The number of rotatable bonds is 7. The van der Waals surface area contributed by atoms with Crippen LogP contribution in [0.4, 0.5) is 0 Å². The van der Waals surface area contributed by atoms with Gasteiger partial charge >= 0.3 is 5.97 Å². The average Bonchev–Trinajstić information content (AvgIpc) is 2.80. The predicted molar refractivity (Wildman–Crippen MR) is 74.0 cm³/mol. The van der Waals surface area contributed by atoms with Crippen molar-refractivity contribution in [1.82, 2.24) is 19.8 Å². The number of aromatic nitrogens is 2. The molecular weight excluding hydrogens is 260 g/mol. The van der Waals surface area contributed by atoms with E-state index in [1.807, 2.05) is 32.2 Å². The molecular formula is C13H22N4O3. The summed E-state index contributed by atoms with van der Waals surface area (Å²) in [6.07, 6.45) is 4.11. The van der Waals surface area contributed by atoms with Crippen LogP contribution < -0.4 is 5.32 Å². The molecule has 7 heteroatoms. The zero-order valence-corrected chi connectivity index (χ0v) is 12.4. The van der Waals surface area contributed by atoms with Gasteiger partial charge in [-0.3, -0.25) is 4.79 Å². The van der Waals surface area contributed by atoms with E-state index in [4.69, 9.17) is 4.74 Å². The van der Waals surface area contributed by atoms with Gasteiger partial charge in [-0.2, -0.15) is 0 Å². The van der Waals surface area contributed by atoms with Gasteiger partial charge < -0.3 is 19.5 Å². The lowest BCUT2D eigenvalue weighted by atomic mass is 10.1. The number of ether oxygens (including phenoxy) is 1. The fourth-order valence-electron chi connectivity index (χ4n) is 1.71. The number of methoxy groups -OCH3 is 1. The highest BCUT2D eigenvalue weighted by atomic mass is 16.5. The first-order valence-corrected chi connectivity index (χ1v) is 6.41. The molecule has 0 saturated carbocycles. The molecule has 20 heavy (non-hydrogen) atoms. The second-order valence-electron chi connectivity index (χ2n) is 4.93. The van der Waals surface area contributed by atoms with Crippen LogP contribution in [0.15, 0.2) is 12.5 Å². The number of esters is 1. The Morgan fingerprint density at radius 2 is 2.20 bits per heavy atom. The number of carbonyl (C=O) groups is 2. The molecule has 1 atom stereocenters. The summed E-state index contributed by atoms with van der Waals surface area (Å²) in [6, 6.07) is -0.704. The van der Waals surface area contributed by atoms with Gasteiger partial charge in [0.1, 0.15) is 6.04 Å². The van der Waals surface area contributed by atoms with Gasteiger partial charge in [0.05, 0.1) is 19.1 Å². The van der Waals surface area contributed by atoms with E-state index < -0.39 is 12.0 Å². The van der Waals surface area contributed by atoms with Crippen LogP contribution in [-0.2, 0) is 27.8 Å². The number of aryl methyl sites for hydroxylation is 1. The van der Waals surface area contributed by atoms with Crippen LogP contribution in [-0.4, -0.2) is 60.1 Å². The van der Waals surface area contributed by atoms with Gasteiger partial charge in [0.2, 0.25) is 5.91 Å². The predicted octanol–water partition coefficient (Wildman–Crippen LogP) is -0.428. The molecule has 1 N–H and O–H groups in total. The topological polar surface area (TPSA) is 76.5 Å². The first-order valence-electron chi connectivity index (χ1n) is 6.41. The van der Waals surface area contributed by atoms with Gasteiger partial charge in [-0.1, -0.05) is 0 Å². The fraction of sp³-hybridized carbons (Fsp3) is 0.615. The van der Waals surface area contributed by atoms with Crippen molar-refractivity contribution in [2.75, 3.05) is 27.7 Å². The first-order chi connectivity index (χ1) is 9.42. The first kappa shape index (κ1) is 16.2. The minimum Gasteiger partial charge on any atom is -0.467 e. The zero-order valence-electron chi connectivity index (χ0n) is 12.4. The normalized spacial score (nSPS) is 12.2. The summed E-state index contributed by atoms with van der Waals surface area (Å²) < 4.78 is 6.51. The summed E-state index contributed by atoms with van der Waals surface area (Å²) in [5, 5.41) is 2.69. The lowest BCUT2D eigenvalue weighted by molar-refractivity contribution is -0.145. The molecule has 1 amide bonds. The Labute approximate surface area is 118 Å². The monoisotopic (exact) mass is 282 g/mol. The largest absolute Gasteiger partial charge is 0.467 e. The van der Waals surface area contributed by atoms with Crippen LogP contribution in [0.2, 0.25) is 0 Å². The van der Waals surface area contributed by atoms with Crippen molar-refractivity contribution >= 4 is 11.9 Å². The third-order valence-electron chi connectivity index (χ3n) is 2.78. The van der Waals surface area contributed by atoms with Gasteiger partial charge in [-0.25, -0.2) is 9.78 Å². The van der Waals surface area contributed by atoms with Crippen LogP contribution >= 0.6 is 0 Å². The Kier molecular flexibility index (Phi) is 6.17. The molecule has 0 unspecified atom stereocenters. The maximum Gasteiger partial charge on any atom is 0.328 e. The second-order valence-corrected chi connectivity index (χ2v) is 4.93. The molecule has 1 heterocycles. The second kappa shape index (κ2) is 7.64. The minimum atomic E-state index is -0.704. The molecule has 0 aliphatic rings. The summed E-state index contributed by atoms with van der Waals surface area (Å²) in [7, 11) is 6.93. The van der Waals surface area contributed by atoms with Crippen LogP contribution in [0.25, 0.3) is 0 Å². The summed E-state index contributed by atoms with van der Waals surface area (Å²) in [6.45, 7) is 0.628. The molecule has 0 radical (unpaired) electrons. The Balaban J connectivity index is 2.60. The molecule has 0 aromatic carbocycles. The van der Waals surface area contributed by atoms with E-state index in [1.54, 1.807) is 10.9 Å². The van der Waals surface area contributed by atoms with Gasteiger partial charge in [-0.05, 0) is 14.1 Å². The molecule has 0 aliphatic heterocycles. The molecule has 0 bridgehead atoms. The number of carbonyl (C=O) groups excluding carboxylic acids is 2. The summed E-state index contributed by atoms with van der Waals surface area (Å²) >= 11 is 0. The number of nitrogens with zero attached hydrogens (tertiary/aromatic N) is 3. The Morgan fingerprint density at radius 3 is 2.70 bits per heavy atom. The van der Waals surface area contributed by atoms with Gasteiger partial charge in [0, 0.05) is 32.6 Å². The summed E-state index contributed by atoms with van der Waals surface area (Å²) in [5.74, 6) is -0.640. The lowest BCUT2D eigenvalue weighted by Crippen LogP contribution is -2.43. The van der Waals surface area contributed by atoms with Gasteiger partial charge in [0.25, 0.3) is 0 Å². The number of imidazole rings is 1. The zero-order chi connectivity index (χ0) is 15.1. The van der Waals surface area contributed by atoms with E-state index in [2.05, 4.69) is 10.3 Å². The highest BCUT2D eigenvalue weighted by molar-refractivity contribution is 5.84. The molecule has 0 saturated heterocycles. The average molecular weight is 282 g/mol. The SMILES string of the molecule is COC(=O)[C@@H](Cc1cn(C)cn1)NC(=O)CCN(C)C. The highest BCUT2D eigenvalue weighted by Gasteiger charge is 2.22. The Morgan fingerprint density at radius 1 is 1.50 bits per heavy atom. The third kappa shape index (κ3) is 5.40. The summed E-state index contributed by atoms with van der Waals surface area (Å²) in [4.78, 5) is 29.6. The van der Waals surface area contributed by atoms with Crippen molar-refractivity contribution in [3.63, 3.8) is 0 Å². The third-order valence-corrected chi connectivity index (χ3v) is 2.78. The van der Waals surface area contributed by atoms with E-state index in [1.165, 1.54) is 7.11 Å². The van der Waals surface area contributed by atoms with E-state index >= 15 is 0 Å². The Hall–Kier alpha value is -1.89. The maximum absolute atomic E-state index is 11.8. The molecule has 1 aromatic heterocycles. The smallest absolute Gasteiger partial charge is 0.328 e. The van der Waals surface area contributed by atoms with Crippen molar-refractivity contribution in [2.24, 2.45) is 7.05 Å². The molecule has 0 aliphatic carbocycles. The molecule has 112 valence electrons. The maximum atomic E-state index is 11.8. The van der Waals surface area contributed by atoms with E-state index in [0.29, 0.717) is 19.4 Å². The van der Waals surface area contributed by atoms with E-state index in [9.17, 15) is 9.59 Å². The Bertz CT molecular complexity index is 456. The lowest BCUT2D eigenvalue weighted by Gasteiger charge is -2.16. The van der Waals surface area contributed by atoms with Crippen molar-refractivity contribution in [3.8, 4) is 0 Å². The molecule has 1 aromatic rings. The number of amides is 1. The quantitative estimate of drug-likeness (QED) is 0.687. The number of hydrogen-bond acceptors (Lipinski definition) is 5. The standard InChI is InChI=1S/C13H22N4O3/c1-16(2)6-5-12(18)15-11(13(19)20-4)7-10-8-17(3)9-14-10/h8-9,11H,5-7H2,1-4H3,(H,15,18)/t11-/m1/s1. The fourth-order valence-corrected chi connectivity index (χ4v) is 1.71. The van der Waals surface area contributed by atoms with Crippen LogP contribution in [0.3, 0.4) is 0 Å². The van der Waals surface area contributed by atoms with Crippen LogP contribution in [0.5, 0.6) is 0 Å².